The molecule has 0 saturated heterocycles. The Balaban J connectivity index is 1.66. The largest absolute Gasteiger partial charge is 0.442 e. The molecule has 2 aromatic rings. The lowest BCUT2D eigenvalue weighted by atomic mass is 10.1. The van der Waals surface area contributed by atoms with Gasteiger partial charge in [-0.1, -0.05) is 60.7 Å². The van der Waals surface area contributed by atoms with Gasteiger partial charge in [0.2, 0.25) is 0 Å². The maximum absolute atomic E-state index is 11.7. The summed E-state index contributed by atoms with van der Waals surface area (Å²) in [5.74, 6) is 0. The molecule has 0 spiro atoms. The zero-order valence-electron chi connectivity index (χ0n) is 12.3. The Morgan fingerprint density at radius 2 is 1.67 bits per heavy atom. The highest BCUT2D eigenvalue weighted by Crippen LogP contribution is 2.15. The molecule has 1 N–H and O–H groups in total. The molecule has 3 heteroatoms. The fraction of sp³-hybridized carbons (Fsp3) is 0.278. The number of alkyl carbamates (subject to hydrolysis) is 1. The van der Waals surface area contributed by atoms with Crippen LogP contribution in [0.2, 0.25) is 0 Å². The second-order valence-electron chi connectivity index (χ2n) is 4.97. The minimum Gasteiger partial charge on any atom is -0.442 e. The third kappa shape index (κ3) is 5.30. The molecule has 3 nitrogen and oxygen atoms in total. The van der Waals surface area contributed by atoms with Gasteiger partial charge in [-0.3, -0.25) is 0 Å². The fourth-order valence-corrected chi connectivity index (χ4v) is 2.12. The van der Waals surface area contributed by atoms with Crippen LogP contribution in [-0.2, 0) is 11.2 Å². The van der Waals surface area contributed by atoms with Gasteiger partial charge in [-0.2, -0.15) is 0 Å². The number of carbonyl (C=O) groups is 1. The van der Waals surface area contributed by atoms with E-state index in [9.17, 15) is 4.79 Å². The number of rotatable bonds is 6. The van der Waals surface area contributed by atoms with Crippen LogP contribution in [0.1, 0.15) is 30.6 Å². The first kappa shape index (κ1) is 15.1. The molecule has 2 aromatic carbocycles. The van der Waals surface area contributed by atoms with Gasteiger partial charge < -0.3 is 10.1 Å². The van der Waals surface area contributed by atoms with E-state index in [1.165, 1.54) is 5.56 Å². The van der Waals surface area contributed by atoms with E-state index in [0.717, 1.165) is 18.4 Å². The molecule has 110 valence electrons. The van der Waals surface area contributed by atoms with E-state index in [4.69, 9.17) is 4.74 Å². The van der Waals surface area contributed by atoms with E-state index in [2.05, 4.69) is 17.4 Å². The molecule has 1 atom stereocenters. The SMILES string of the molecule is C[C@@H](OC(=O)NCCCc1ccccc1)c1ccccc1. The molecule has 0 fully saturated rings. The second kappa shape index (κ2) is 8.10. The van der Waals surface area contributed by atoms with Gasteiger partial charge in [-0.15, -0.1) is 0 Å². The first-order chi connectivity index (χ1) is 10.3. The van der Waals surface area contributed by atoms with E-state index in [1.807, 2.05) is 55.5 Å². The van der Waals surface area contributed by atoms with Crippen molar-refractivity contribution in [3.05, 3.63) is 71.8 Å². The molecule has 1 amide bonds. The molecule has 0 heterocycles. The highest BCUT2D eigenvalue weighted by Gasteiger charge is 2.10. The van der Waals surface area contributed by atoms with Crippen LogP contribution in [0.25, 0.3) is 0 Å². The Morgan fingerprint density at radius 1 is 1.05 bits per heavy atom. The molecule has 0 aliphatic rings. The number of hydrogen-bond donors (Lipinski definition) is 1. The molecule has 0 radical (unpaired) electrons. The number of amides is 1. The normalized spacial score (nSPS) is 11.7. The Morgan fingerprint density at radius 3 is 2.33 bits per heavy atom. The standard InChI is InChI=1S/C18H21NO2/c1-15(17-12-6-3-7-13-17)21-18(20)19-14-8-11-16-9-4-2-5-10-16/h2-7,9-10,12-13,15H,8,11,14H2,1H3,(H,19,20)/t15-/m1/s1. The maximum atomic E-state index is 11.7. The Labute approximate surface area is 126 Å². The van der Waals surface area contributed by atoms with Crippen LogP contribution in [0.4, 0.5) is 4.79 Å². The van der Waals surface area contributed by atoms with Crippen LogP contribution in [0.15, 0.2) is 60.7 Å². The summed E-state index contributed by atoms with van der Waals surface area (Å²) in [7, 11) is 0. The highest BCUT2D eigenvalue weighted by molar-refractivity contribution is 5.67. The van der Waals surface area contributed by atoms with Gasteiger partial charge >= 0.3 is 6.09 Å². The average molecular weight is 283 g/mol. The van der Waals surface area contributed by atoms with Crippen molar-refractivity contribution in [2.75, 3.05) is 6.54 Å². The van der Waals surface area contributed by atoms with Gasteiger partial charge in [-0.05, 0) is 30.9 Å². The third-order valence-electron chi connectivity index (χ3n) is 3.31. The molecule has 0 aromatic heterocycles. The molecule has 21 heavy (non-hydrogen) atoms. The lowest BCUT2D eigenvalue weighted by molar-refractivity contribution is 0.107. The van der Waals surface area contributed by atoms with Crippen LogP contribution < -0.4 is 5.32 Å². The summed E-state index contributed by atoms with van der Waals surface area (Å²) in [6.45, 7) is 2.49. The first-order valence-electron chi connectivity index (χ1n) is 7.29. The molecule has 0 aliphatic carbocycles. The number of aryl methyl sites for hydroxylation is 1. The zero-order chi connectivity index (χ0) is 14.9. The number of nitrogens with one attached hydrogen (secondary N) is 1. The van der Waals surface area contributed by atoms with Gasteiger partial charge in [0, 0.05) is 6.54 Å². The Hall–Kier alpha value is -2.29. The Bertz CT molecular complexity index is 540. The van der Waals surface area contributed by atoms with Crippen molar-refractivity contribution >= 4 is 6.09 Å². The van der Waals surface area contributed by atoms with Crippen LogP contribution in [0, 0.1) is 0 Å². The molecule has 2 rings (SSSR count). The molecule has 0 unspecified atom stereocenters. The van der Waals surface area contributed by atoms with Crippen molar-refractivity contribution in [1.29, 1.82) is 0 Å². The summed E-state index contributed by atoms with van der Waals surface area (Å²) in [6.07, 6.45) is 1.26. The van der Waals surface area contributed by atoms with E-state index < -0.39 is 0 Å². The van der Waals surface area contributed by atoms with Crippen molar-refractivity contribution in [1.82, 2.24) is 5.32 Å². The molecule has 0 aliphatic heterocycles. The molecular weight excluding hydrogens is 262 g/mol. The average Bonchev–Trinajstić information content (AvgIpc) is 2.53. The summed E-state index contributed by atoms with van der Waals surface area (Å²) in [4.78, 5) is 11.7. The van der Waals surface area contributed by atoms with Crippen LogP contribution in [-0.4, -0.2) is 12.6 Å². The number of carbonyl (C=O) groups excluding carboxylic acids is 1. The highest BCUT2D eigenvalue weighted by atomic mass is 16.6. The zero-order valence-corrected chi connectivity index (χ0v) is 12.3. The summed E-state index contributed by atoms with van der Waals surface area (Å²) < 4.78 is 5.34. The molecular formula is C18H21NO2. The lowest BCUT2D eigenvalue weighted by Crippen LogP contribution is -2.26. The van der Waals surface area contributed by atoms with Crippen molar-refractivity contribution in [2.24, 2.45) is 0 Å². The number of benzene rings is 2. The minimum absolute atomic E-state index is 0.236. The van der Waals surface area contributed by atoms with Gasteiger partial charge in [0.05, 0.1) is 0 Å². The summed E-state index contributed by atoms with van der Waals surface area (Å²) in [5.41, 5.74) is 2.28. The maximum Gasteiger partial charge on any atom is 0.407 e. The summed E-state index contributed by atoms with van der Waals surface area (Å²) in [6, 6.07) is 20.0. The number of ether oxygens (including phenoxy) is 1. The smallest absolute Gasteiger partial charge is 0.407 e. The summed E-state index contributed by atoms with van der Waals surface area (Å²) >= 11 is 0. The second-order valence-corrected chi connectivity index (χ2v) is 4.97. The number of hydrogen-bond acceptors (Lipinski definition) is 2. The monoisotopic (exact) mass is 283 g/mol. The van der Waals surface area contributed by atoms with Crippen molar-refractivity contribution < 1.29 is 9.53 Å². The molecule has 0 saturated carbocycles. The minimum atomic E-state index is -0.362. The van der Waals surface area contributed by atoms with Crippen LogP contribution >= 0.6 is 0 Å². The van der Waals surface area contributed by atoms with Gasteiger partial charge in [0.25, 0.3) is 0 Å². The predicted molar refractivity (Wildman–Crippen MR) is 84.1 cm³/mol. The van der Waals surface area contributed by atoms with Crippen LogP contribution in [0.3, 0.4) is 0 Å². The third-order valence-corrected chi connectivity index (χ3v) is 3.31. The fourth-order valence-electron chi connectivity index (χ4n) is 2.12. The quantitative estimate of drug-likeness (QED) is 0.810. The Kier molecular flexibility index (Phi) is 5.83. The first-order valence-corrected chi connectivity index (χ1v) is 7.29. The van der Waals surface area contributed by atoms with Crippen LogP contribution in [0.5, 0.6) is 0 Å². The van der Waals surface area contributed by atoms with Crippen molar-refractivity contribution in [3.8, 4) is 0 Å². The molecule has 0 bridgehead atoms. The van der Waals surface area contributed by atoms with Gasteiger partial charge in [0.15, 0.2) is 0 Å². The predicted octanol–water partition coefficient (Wildman–Crippen LogP) is 4.11. The van der Waals surface area contributed by atoms with E-state index >= 15 is 0 Å². The van der Waals surface area contributed by atoms with E-state index in [-0.39, 0.29) is 12.2 Å². The topological polar surface area (TPSA) is 38.3 Å². The van der Waals surface area contributed by atoms with E-state index in [1.54, 1.807) is 0 Å². The lowest BCUT2D eigenvalue weighted by Gasteiger charge is -2.14. The van der Waals surface area contributed by atoms with Gasteiger partial charge in [0.1, 0.15) is 6.10 Å². The van der Waals surface area contributed by atoms with Gasteiger partial charge in [-0.25, -0.2) is 4.79 Å². The van der Waals surface area contributed by atoms with Crippen molar-refractivity contribution in [3.63, 3.8) is 0 Å². The van der Waals surface area contributed by atoms with E-state index in [0.29, 0.717) is 6.54 Å². The van der Waals surface area contributed by atoms with Crippen molar-refractivity contribution in [2.45, 2.75) is 25.9 Å². The summed E-state index contributed by atoms with van der Waals surface area (Å²) in [5, 5.41) is 2.79.